The predicted octanol–water partition coefficient (Wildman–Crippen LogP) is 1.12. The molecule has 0 amide bonds. The topological polar surface area (TPSA) is 56.8 Å². The first-order valence-corrected chi connectivity index (χ1v) is 6.72. The molecule has 2 aliphatic rings. The summed E-state index contributed by atoms with van der Waals surface area (Å²) >= 11 is 0. The monoisotopic (exact) mass is 235 g/mol. The van der Waals surface area contributed by atoms with E-state index in [0.29, 0.717) is 5.92 Å². The fraction of sp³-hybridized carbons (Fsp3) is 0.833. The summed E-state index contributed by atoms with van der Waals surface area (Å²) in [5.74, 6) is 3.34. The smallest absolute Gasteiger partial charge is 0.244 e. The summed E-state index contributed by atoms with van der Waals surface area (Å²) in [4.78, 5) is 6.96. The number of piperazine rings is 1. The second-order valence-corrected chi connectivity index (χ2v) is 5.27. The molecule has 5 heteroatoms. The molecule has 2 fully saturated rings. The van der Waals surface area contributed by atoms with Crippen molar-refractivity contribution in [2.45, 2.75) is 32.1 Å². The van der Waals surface area contributed by atoms with E-state index in [1.165, 1.54) is 19.3 Å². The highest BCUT2D eigenvalue weighted by molar-refractivity contribution is 5.30. The van der Waals surface area contributed by atoms with E-state index < -0.39 is 0 Å². The highest BCUT2D eigenvalue weighted by Gasteiger charge is 2.28. The summed E-state index contributed by atoms with van der Waals surface area (Å²) in [5, 5.41) is 10.9. The standard InChI is InChI=1S/C12H21N5/c1-9-3-2-4-10(9)11-14-12(16-15-11)17-7-5-13-6-8-17/h9-10,13H,2-8H2,1H3,(H,14,15,16). The van der Waals surface area contributed by atoms with Crippen molar-refractivity contribution >= 4 is 5.95 Å². The fourth-order valence-corrected chi connectivity index (χ4v) is 2.99. The average Bonchev–Trinajstić information content (AvgIpc) is 2.98. The van der Waals surface area contributed by atoms with Gasteiger partial charge in [-0.05, 0) is 18.8 Å². The maximum Gasteiger partial charge on any atom is 0.244 e. The van der Waals surface area contributed by atoms with Gasteiger partial charge in [-0.3, -0.25) is 5.10 Å². The third kappa shape index (κ3) is 2.16. The van der Waals surface area contributed by atoms with Crippen LogP contribution in [-0.2, 0) is 0 Å². The molecule has 94 valence electrons. The van der Waals surface area contributed by atoms with E-state index in [-0.39, 0.29) is 0 Å². The van der Waals surface area contributed by atoms with E-state index >= 15 is 0 Å². The number of nitrogens with one attached hydrogen (secondary N) is 2. The molecule has 1 aliphatic carbocycles. The maximum absolute atomic E-state index is 4.70. The van der Waals surface area contributed by atoms with Crippen molar-refractivity contribution in [3.05, 3.63) is 5.82 Å². The maximum atomic E-state index is 4.70. The molecule has 0 radical (unpaired) electrons. The number of rotatable bonds is 2. The van der Waals surface area contributed by atoms with E-state index in [2.05, 4.69) is 27.3 Å². The summed E-state index contributed by atoms with van der Waals surface area (Å²) in [6.07, 6.45) is 3.92. The lowest BCUT2D eigenvalue weighted by Crippen LogP contribution is -2.44. The van der Waals surface area contributed by atoms with Gasteiger partial charge in [-0.2, -0.15) is 4.98 Å². The minimum Gasteiger partial charge on any atom is -0.337 e. The van der Waals surface area contributed by atoms with Crippen LogP contribution >= 0.6 is 0 Å². The molecule has 0 aromatic carbocycles. The molecular weight excluding hydrogens is 214 g/mol. The van der Waals surface area contributed by atoms with Crippen molar-refractivity contribution in [1.29, 1.82) is 0 Å². The SMILES string of the molecule is CC1CCCC1c1nc(N2CCNCC2)n[nH]1. The highest BCUT2D eigenvalue weighted by atomic mass is 15.4. The first kappa shape index (κ1) is 11.0. The van der Waals surface area contributed by atoms with Crippen LogP contribution in [0, 0.1) is 5.92 Å². The third-order valence-corrected chi connectivity index (χ3v) is 4.10. The normalized spacial score (nSPS) is 29.8. The molecule has 17 heavy (non-hydrogen) atoms. The molecule has 1 saturated heterocycles. The molecule has 1 saturated carbocycles. The number of hydrogen-bond donors (Lipinski definition) is 2. The van der Waals surface area contributed by atoms with Crippen LogP contribution in [0.3, 0.4) is 0 Å². The Hall–Kier alpha value is -1.10. The first-order chi connectivity index (χ1) is 8.34. The summed E-state index contributed by atoms with van der Waals surface area (Å²) in [6, 6.07) is 0. The van der Waals surface area contributed by atoms with Gasteiger partial charge in [0, 0.05) is 32.1 Å². The van der Waals surface area contributed by atoms with Crippen LogP contribution in [0.4, 0.5) is 5.95 Å². The molecule has 2 unspecified atom stereocenters. The Bertz CT molecular complexity index is 369. The molecule has 2 N–H and O–H groups in total. The second kappa shape index (κ2) is 4.64. The molecule has 3 rings (SSSR count). The Kier molecular flexibility index (Phi) is 3.01. The largest absolute Gasteiger partial charge is 0.337 e. The molecule has 1 aliphatic heterocycles. The van der Waals surface area contributed by atoms with Crippen LogP contribution < -0.4 is 10.2 Å². The molecule has 2 heterocycles. The fourth-order valence-electron chi connectivity index (χ4n) is 2.99. The number of aromatic nitrogens is 3. The quantitative estimate of drug-likeness (QED) is 0.806. The average molecular weight is 235 g/mol. The van der Waals surface area contributed by atoms with Crippen molar-refractivity contribution in [1.82, 2.24) is 20.5 Å². The van der Waals surface area contributed by atoms with Crippen molar-refractivity contribution in [2.75, 3.05) is 31.1 Å². The van der Waals surface area contributed by atoms with E-state index in [0.717, 1.165) is 43.9 Å². The van der Waals surface area contributed by atoms with Gasteiger partial charge in [0.2, 0.25) is 5.95 Å². The van der Waals surface area contributed by atoms with Crippen LogP contribution in [0.25, 0.3) is 0 Å². The Morgan fingerprint density at radius 1 is 1.24 bits per heavy atom. The Morgan fingerprint density at radius 2 is 2.06 bits per heavy atom. The summed E-state index contributed by atoms with van der Waals surface area (Å²) in [6.45, 7) is 6.41. The van der Waals surface area contributed by atoms with E-state index in [1.807, 2.05) is 0 Å². The number of aromatic amines is 1. The Balaban J connectivity index is 1.73. The summed E-state index contributed by atoms with van der Waals surface area (Å²) < 4.78 is 0. The zero-order valence-electron chi connectivity index (χ0n) is 10.4. The highest BCUT2D eigenvalue weighted by Crippen LogP contribution is 2.37. The zero-order valence-corrected chi connectivity index (χ0v) is 10.4. The van der Waals surface area contributed by atoms with Gasteiger partial charge >= 0.3 is 0 Å². The zero-order chi connectivity index (χ0) is 11.7. The minimum absolute atomic E-state index is 0.596. The van der Waals surface area contributed by atoms with Crippen LogP contribution in [-0.4, -0.2) is 41.4 Å². The van der Waals surface area contributed by atoms with E-state index in [1.54, 1.807) is 0 Å². The van der Waals surface area contributed by atoms with Crippen molar-refractivity contribution < 1.29 is 0 Å². The molecule has 5 nitrogen and oxygen atoms in total. The first-order valence-electron chi connectivity index (χ1n) is 6.72. The molecule has 0 bridgehead atoms. The van der Waals surface area contributed by atoms with Gasteiger partial charge in [0.1, 0.15) is 5.82 Å². The summed E-state index contributed by atoms with van der Waals surface area (Å²) in [5.41, 5.74) is 0. The second-order valence-electron chi connectivity index (χ2n) is 5.27. The van der Waals surface area contributed by atoms with Crippen molar-refractivity contribution in [3.63, 3.8) is 0 Å². The van der Waals surface area contributed by atoms with Gasteiger partial charge in [0.15, 0.2) is 0 Å². The van der Waals surface area contributed by atoms with Gasteiger partial charge < -0.3 is 10.2 Å². The van der Waals surface area contributed by atoms with Crippen molar-refractivity contribution in [2.24, 2.45) is 5.92 Å². The molecule has 1 aromatic heterocycles. The van der Waals surface area contributed by atoms with Gasteiger partial charge in [0.25, 0.3) is 0 Å². The van der Waals surface area contributed by atoms with Gasteiger partial charge in [-0.15, -0.1) is 5.10 Å². The Morgan fingerprint density at radius 3 is 2.76 bits per heavy atom. The van der Waals surface area contributed by atoms with Gasteiger partial charge in [-0.25, -0.2) is 0 Å². The lowest BCUT2D eigenvalue weighted by atomic mass is 9.98. The van der Waals surface area contributed by atoms with Gasteiger partial charge in [0.05, 0.1) is 0 Å². The number of hydrogen-bond acceptors (Lipinski definition) is 4. The van der Waals surface area contributed by atoms with E-state index in [4.69, 9.17) is 4.98 Å². The van der Waals surface area contributed by atoms with Crippen LogP contribution in [0.2, 0.25) is 0 Å². The molecule has 0 spiro atoms. The number of anilines is 1. The number of nitrogens with zero attached hydrogens (tertiary/aromatic N) is 3. The lowest BCUT2D eigenvalue weighted by Gasteiger charge is -2.25. The molecule has 2 atom stereocenters. The van der Waals surface area contributed by atoms with Gasteiger partial charge in [-0.1, -0.05) is 13.3 Å². The predicted molar refractivity (Wildman–Crippen MR) is 67.2 cm³/mol. The summed E-state index contributed by atoms with van der Waals surface area (Å²) in [7, 11) is 0. The number of H-pyrrole nitrogens is 1. The minimum atomic E-state index is 0.596. The lowest BCUT2D eigenvalue weighted by molar-refractivity contribution is 0.511. The van der Waals surface area contributed by atoms with Crippen LogP contribution in [0.1, 0.15) is 37.9 Å². The van der Waals surface area contributed by atoms with E-state index in [9.17, 15) is 0 Å². The third-order valence-electron chi connectivity index (χ3n) is 4.10. The Labute approximate surface area is 102 Å². The van der Waals surface area contributed by atoms with Crippen LogP contribution in [0.5, 0.6) is 0 Å². The van der Waals surface area contributed by atoms with Crippen molar-refractivity contribution in [3.8, 4) is 0 Å². The van der Waals surface area contributed by atoms with Crippen LogP contribution in [0.15, 0.2) is 0 Å². The molecule has 1 aromatic rings. The molecular formula is C12H21N5.